The first-order valence-electron chi connectivity index (χ1n) is 9.62. The maximum absolute atomic E-state index is 12.7. The number of hydrogen-bond donors (Lipinski definition) is 2. The first-order chi connectivity index (χ1) is 14.2. The van der Waals surface area contributed by atoms with Crippen LogP contribution in [0.1, 0.15) is 43.0 Å². The van der Waals surface area contributed by atoms with Crippen LogP contribution < -0.4 is 15.4 Å². The molecule has 10 heteroatoms. The third-order valence-electron chi connectivity index (χ3n) is 5.15. The minimum absolute atomic E-state index is 0.0199. The molecule has 1 fully saturated rings. The molecule has 1 amide bonds. The summed E-state index contributed by atoms with van der Waals surface area (Å²) in [7, 11) is 0. The normalized spacial score (nSPS) is 20.5. The van der Waals surface area contributed by atoms with Crippen LogP contribution in [0.4, 0.5) is 17.6 Å². The van der Waals surface area contributed by atoms with Crippen LogP contribution in [0.2, 0.25) is 0 Å². The Kier molecular flexibility index (Phi) is 7.51. The zero-order valence-electron chi connectivity index (χ0n) is 16.2. The second-order valence-electron chi connectivity index (χ2n) is 7.39. The summed E-state index contributed by atoms with van der Waals surface area (Å²) >= 11 is 3.18. The largest absolute Gasteiger partial charge is 0.434 e. The maximum Gasteiger partial charge on any atom is 0.387 e. The zero-order valence-corrected chi connectivity index (χ0v) is 17.8. The Hall–Kier alpha value is -1.94. The van der Waals surface area contributed by atoms with E-state index in [0.29, 0.717) is 46.6 Å². The van der Waals surface area contributed by atoms with E-state index in [1.807, 2.05) is 0 Å². The highest BCUT2D eigenvalue weighted by Crippen LogP contribution is 2.31. The number of fused-ring (bicyclic) bond motifs is 1. The van der Waals surface area contributed by atoms with Crippen molar-refractivity contribution in [3.8, 4) is 5.75 Å². The number of ether oxygens (including phenoxy) is 1. The highest BCUT2D eigenvalue weighted by molar-refractivity contribution is 9.10. The van der Waals surface area contributed by atoms with Gasteiger partial charge in [0.25, 0.3) is 12.3 Å². The summed E-state index contributed by atoms with van der Waals surface area (Å²) in [5.74, 6) is -0.320. The topological polar surface area (TPSA) is 63.2 Å². The molecule has 1 saturated carbocycles. The Morgan fingerprint density at radius 1 is 1.13 bits per heavy atom. The van der Waals surface area contributed by atoms with E-state index in [4.69, 9.17) is 0 Å². The van der Waals surface area contributed by atoms with Gasteiger partial charge >= 0.3 is 6.61 Å². The molecule has 30 heavy (non-hydrogen) atoms. The van der Waals surface area contributed by atoms with E-state index in [1.165, 1.54) is 19.2 Å². The number of benzene rings is 1. The van der Waals surface area contributed by atoms with Crippen LogP contribution in [-0.2, 0) is 0 Å². The van der Waals surface area contributed by atoms with Gasteiger partial charge in [0.05, 0.1) is 21.6 Å². The predicted molar refractivity (Wildman–Crippen MR) is 108 cm³/mol. The molecule has 1 aromatic heterocycles. The van der Waals surface area contributed by atoms with Gasteiger partial charge in [-0.2, -0.15) is 8.78 Å². The van der Waals surface area contributed by atoms with Crippen LogP contribution >= 0.6 is 15.9 Å². The summed E-state index contributed by atoms with van der Waals surface area (Å²) in [6.45, 7) is -1.49. The van der Waals surface area contributed by atoms with Crippen LogP contribution in [0, 0.1) is 0 Å². The highest BCUT2D eigenvalue weighted by atomic mass is 79.9. The number of alkyl halides is 4. The zero-order chi connectivity index (χ0) is 21.8. The molecule has 1 aliphatic rings. The Bertz CT molecular complexity index is 892. The van der Waals surface area contributed by atoms with Crippen LogP contribution in [0.15, 0.2) is 28.9 Å². The lowest BCUT2D eigenvalue weighted by molar-refractivity contribution is -0.0502. The van der Waals surface area contributed by atoms with Gasteiger partial charge in [0, 0.05) is 29.7 Å². The van der Waals surface area contributed by atoms with E-state index >= 15 is 0 Å². The molecule has 1 heterocycles. The molecule has 2 aromatic rings. The van der Waals surface area contributed by atoms with Crippen molar-refractivity contribution >= 4 is 32.7 Å². The Balaban J connectivity index is 1.60. The fraction of sp³-hybridized carbons (Fsp3) is 0.500. The van der Waals surface area contributed by atoms with Gasteiger partial charge in [-0.25, -0.2) is 8.78 Å². The molecular weight excluding hydrogens is 470 g/mol. The number of halogens is 5. The number of aromatic nitrogens is 1. The number of rotatable bonds is 7. The van der Waals surface area contributed by atoms with E-state index < -0.39 is 19.1 Å². The fourth-order valence-corrected chi connectivity index (χ4v) is 4.01. The van der Waals surface area contributed by atoms with E-state index in [-0.39, 0.29) is 23.7 Å². The Labute approximate surface area is 179 Å². The summed E-state index contributed by atoms with van der Waals surface area (Å²) in [6.07, 6.45) is 1.78. The van der Waals surface area contributed by atoms with Crippen molar-refractivity contribution in [2.24, 2.45) is 0 Å². The van der Waals surface area contributed by atoms with Gasteiger partial charge in [0.1, 0.15) is 5.75 Å². The molecule has 2 N–H and O–H groups in total. The van der Waals surface area contributed by atoms with Crippen molar-refractivity contribution in [1.82, 2.24) is 15.6 Å². The quantitative estimate of drug-likeness (QED) is 0.541. The number of nitrogens with one attached hydrogen (secondary N) is 2. The van der Waals surface area contributed by atoms with Gasteiger partial charge in [0.15, 0.2) is 0 Å². The number of amides is 1. The molecule has 0 aliphatic heterocycles. The molecular formula is C20H22BrF4N3O2. The lowest BCUT2D eigenvalue weighted by Crippen LogP contribution is -2.46. The fourth-order valence-electron chi connectivity index (χ4n) is 3.56. The third kappa shape index (κ3) is 5.81. The molecule has 5 nitrogen and oxygen atoms in total. The highest BCUT2D eigenvalue weighted by Gasteiger charge is 2.26. The number of hydrogen-bond acceptors (Lipinski definition) is 4. The SMILES string of the molecule is C[C@@H](N[C@H]1CC[C@H](NC(=O)c2cnc3cc(OC(F)F)c(Br)cc3c2)CC1)C(F)F. The standard InChI is InChI=1S/C20H22BrF4N3O2/c1-10(18(22)23)27-13-2-4-14(5-3-13)28-19(29)12-6-11-7-15(21)17(30-20(24)25)8-16(11)26-9-12/h6-10,13-14,18,20,27H,2-5H2,1H3,(H,28,29)/t10-,13-,14-/m1/s1. The lowest BCUT2D eigenvalue weighted by atomic mass is 9.90. The number of carbonyl (C=O) groups is 1. The van der Waals surface area contributed by atoms with Crippen molar-refractivity contribution < 1.29 is 27.1 Å². The molecule has 1 aliphatic carbocycles. The second-order valence-corrected chi connectivity index (χ2v) is 8.24. The summed E-state index contributed by atoms with van der Waals surface area (Å²) in [4.78, 5) is 16.8. The number of carbonyl (C=O) groups excluding carboxylic acids is 1. The monoisotopic (exact) mass is 491 g/mol. The van der Waals surface area contributed by atoms with E-state index in [9.17, 15) is 22.4 Å². The van der Waals surface area contributed by atoms with Crippen LogP contribution in [0.25, 0.3) is 10.9 Å². The summed E-state index contributed by atoms with van der Waals surface area (Å²) in [6, 6.07) is 3.70. The smallest absolute Gasteiger partial charge is 0.387 e. The van der Waals surface area contributed by atoms with Crippen molar-refractivity contribution in [3.63, 3.8) is 0 Å². The van der Waals surface area contributed by atoms with Crippen LogP contribution in [0.3, 0.4) is 0 Å². The minimum Gasteiger partial charge on any atom is -0.434 e. The number of pyridine rings is 1. The molecule has 0 radical (unpaired) electrons. The van der Waals surface area contributed by atoms with Gasteiger partial charge in [-0.3, -0.25) is 9.78 Å². The Morgan fingerprint density at radius 2 is 1.80 bits per heavy atom. The van der Waals surface area contributed by atoms with Gasteiger partial charge in [-0.05, 0) is 60.7 Å². The van der Waals surface area contributed by atoms with Crippen molar-refractivity contribution in [1.29, 1.82) is 0 Å². The minimum atomic E-state index is -2.95. The third-order valence-corrected chi connectivity index (χ3v) is 5.77. The van der Waals surface area contributed by atoms with E-state index in [2.05, 4.69) is 36.3 Å². The predicted octanol–water partition coefficient (Wildman–Crippen LogP) is 4.88. The molecule has 0 unspecified atom stereocenters. The van der Waals surface area contributed by atoms with Crippen LogP contribution in [-0.4, -0.2) is 42.1 Å². The summed E-state index contributed by atoms with van der Waals surface area (Å²) < 4.78 is 55.0. The summed E-state index contributed by atoms with van der Waals surface area (Å²) in [5, 5.41) is 6.49. The first kappa shape index (κ1) is 22.7. The average Bonchev–Trinajstić information content (AvgIpc) is 2.69. The molecule has 0 spiro atoms. The van der Waals surface area contributed by atoms with Gasteiger partial charge in [-0.15, -0.1) is 0 Å². The molecule has 3 rings (SSSR count). The lowest BCUT2D eigenvalue weighted by Gasteiger charge is -2.31. The van der Waals surface area contributed by atoms with Crippen molar-refractivity contribution in [2.45, 2.75) is 63.8 Å². The Morgan fingerprint density at radius 3 is 2.43 bits per heavy atom. The average molecular weight is 492 g/mol. The number of nitrogens with zero attached hydrogens (tertiary/aromatic N) is 1. The van der Waals surface area contributed by atoms with Gasteiger partial charge < -0.3 is 15.4 Å². The molecule has 0 saturated heterocycles. The van der Waals surface area contributed by atoms with Crippen LogP contribution in [0.5, 0.6) is 5.75 Å². The van der Waals surface area contributed by atoms with Gasteiger partial charge in [-0.1, -0.05) is 0 Å². The van der Waals surface area contributed by atoms with E-state index in [1.54, 1.807) is 12.1 Å². The first-order valence-corrected chi connectivity index (χ1v) is 10.4. The molecule has 0 bridgehead atoms. The van der Waals surface area contributed by atoms with Crippen molar-refractivity contribution in [3.05, 3.63) is 34.4 Å². The van der Waals surface area contributed by atoms with Gasteiger partial charge in [0.2, 0.25) is 0 Å². The molecule has 164 valence electrons. The van der Waals surface area contributed by atoms with Crippen molar-refractivity contribution in [2.75, 3.05) is 0 Å². The molecule has 1 atom stereocenters. The summed E-state index contributed by atoms with van der Waals surface area (Å²) in [5.41, 5.74) is 0.772. The molecule has 1 aromatic carbocycles. The second kappa shape index (κ2) is 9.91. The van der Waals surface area contributed by atoms with E-state index in [0.717, 1.165) is 0 Å². The maximum atomic E-state index is 12.7.